The summed E-state index contributed by atoms with van der Waals surface area (Å²) in [5, 5.41) is 0. The van der Waals surface area contributed by atoms with Gasteiger partial charge in [0.1, 0.15) is 13.7 Å². The van der Waals surface area contributed by atoms with E-state index in [2.05, 4.69) is 4.98 Å². The van der Waals surface area contributed by atoms with E-state index in [4.69, 9.17) is 13.6 Å². The quantitative estimate of drug-likeness (QED) is 0.700. The highest BCUT2D eigenvalue weighted by atomic mass is 16.2. The van der Waals surface area contributed by atoms with Crippen LogP contribution in [0.4, 0.5) is 5.82 Å². The Kier molecular flexibility index (Phi) is 3.71. The van der Waals surface area contributed by atoms with Crippen LogP contribution in [0, 0.1) is 0 Å². The number of nitrogens with zero attached hydrogens (tertiary/aromatic N) is 2. The van der Waals surface area contributed by atoms with Crippen LogP contribution in [0.3, 0.4) is 0 Å². The molecule has 0 aromatic carbocycles. The first kappa shape index (κ1) is 11.6. The van der Waals surface area contributed by atoms with Crippen molar-refractivity contribution in [2.75, 3.05) is 19.3 Å². The molecule has 0 aliphatic carbocycles. The van der Waals surface area contributed by atoms with Crippen molar-refractivity contribution in [3.8, 4) is 0 Å². The van der Waals surface area contributed by atoms with E-state index in [1.807, 2.05) is 6.92 Å². The van der Waals surface area contributed by atoms with Crippen LogP contribution in [0.25, 0.3) is 0 Å². The van der Waals surface area contributed by atoms with E-state index in [9.17, 15) is 4.79 Å². The minimum atomic E-state index is -0.0870. The predicted molar refractivity (Wildman–Crippen MR) is 61.3 cm³/mol. The van der Waals surface area contributed by atoms with Gasteiger partial charge in [-0.15, -0.1) is 0 Å². The summed E-state index contributed by atoms with van der Waals surface area (Å²) in [6, 6.07) is 1.55. The van der Waals surface area contributed by atoms with Gasteiger partial charge in [-0.3, -0.25) is 4.79 Å². The summed E-state index contributed by atoms with van der Waals surface area (Å²) in [5.74, 6) is 0.167. The molecule has 78 valence electrons. The van der Waals surface area contributed by atoms with Gasteiger partial charge in [0.25, 0.3) is 5.91 Å². The molecule has 0 aliphatic heterocycles. The number of aromatic nitrogens is 1. The minimum absolute atomic E-state index is 0.0870. The standard InChI is InChI=1S/C10H14BN3O/c1-3-4-14(2)10(15)7-5-8(11)9(12)13-6-7/h5-6H,3-4H2,1-2H3,(H2,12,13). The van der Waals surface area contributed by atoms with E-state index >= 15 is 0 Å². The van der Waals surface area contributed by atoms with Crippen LogP contribution in [0.2, 0.25) is 0 Å². The molecule has 0 spiro atoms. The molecular formula is C10H14BN3O. The van der Waals surface area contributed by atoms with E-state index in [0.29, 0.717) is 17.6 Å². The number of anilines is 1. The van der Waals surface area contributed by atoms with Crippen molar-refractivity contribution in [3.05, 3.63) is 17.8 Å². The number of nitrogen functional groups attached to an aromatic ring is 1. The molecule has 0 atom stereocenters. The van der Waals surface area contributed by atoms with E-state index in [1.165, 1.54) is 6.20 Å². The molecule has 2 radical (unpaired) electrons. The number of amides is 1. The summed E-state index contributed by atoms with van der Waals surface area (Å²) in [4.78, 5) is 17.3. The first-order valence-electron chi connectivity index (χ1n) is 4.82. The molecule has 4 nitrogen and oxygen atoms in total. The number of hydrogen-bond acceptors (Lipinski definition) is 3. The lowest BCUT2D eigenvalue weighted by atomic mass is 9.95. The Hall–Kier alpha value is -1.52. The van der Waals surface area contributed by atoms with Gasteiger partial charge >= 0.3 is 0 Å². The average Bonchev–Trinajstić information content (AvgIpc) is 2.21. The number of hydrogen-bond donors (Lipinski definition) is 1. The summed E-state index contributed by atoms with van der Waals surface area (Å²) < 4.78 is 0. The highest BCUT2D eigenvalue weighted by Gasteiger charge is 2.11. The molecule has 1 rings (SSSR count). The normalized spacial score (nSPS) is 10.0. The number of carbonyl (C=O) groups excluding carboxylic acids is 1. The first-order valence-corrected chi connectivity index (χ1v) is 4.82. The van der Waals surface area contributed by atoms with Gasteiger partial charge in [-0.05, 0) is 6.42 Å². The summed E-state index contributed by atoms with van der Waals surface area (Å²) in [5.41, 5.74) is 6.27. The van der Waals surface area contributed by atoms with Crippen LogP contribution in [0.15, 0.2) is 12.3 Å². The van der Waals surface area contributed by atoms with Gasteiger partial charge in [0.05, 0.1) is 5.56 Å². The third-order valence-corrected chi connectivity index (χ3v) is 2.10. The van der Waals surface area contributed by atoms with Crippen molar-refractivity contribution < 1.29 is 4.79 Å². The van der Waals surface area contributed by atoms with Gasteiger partial charge in [0, 0.05) is 19.8 Å². The molecule has 15 heavy (non-hydrogen) atoms. The van der Waals surface area contributed by atoms with Crippen molar-refractivity contribution in [1.29, 1.82) is 0 Å². The number of nitrogens with two attached hydrogens (primary N) is 1. The molecule has 1 aromatic rings. The summed E-state index contributed by atoms with van der Waals surface area (Å²) in [6.45, 7) is 2.72. The molecular weight excluding hydrogens is 189 g/mol. The number of rotatable bonds is 3. The summed E-state index contributed by atoms with van der Waals surface area (Å²) in [7, 11) is 7.32. The van der Waals surface area contributed by atoms with Crippen LogP contribution >= 0.6 is 0 Å². The average molecular weight is 203 g/mol. The maximum absolute atomic E-state index is 11.8. The van der Waals surface area contributed by atoms with Gasteiger partial charge in [-0.2, -0.15) is 0 Å². The van der Waals surface area contributed by atoms with Crippen molar-refractivity contribution >= 4 is 25.0 Å². The Morgan fingerprint density at radius 1 is 1.67 bits per heavy atom. The lowest BCUT2D eigenvalue weighted by molar-refractivity contribution is 0.0795. The second kappa shape index (κ2) is 4.82. The van der Waals surface area contributed by atoms with Crippen LogP contribution in [0.1, 0.15) is 23.7 Å². The van der Waals surface area contributed by atoms with E-state index < -0.39 is 0 Å². The predicted octanol–water partition coefficient (Wildman–Crippen LogP) is -0.0604. The molecule has 0 aliphatic rings. The zero-order valence-electron chi connectivity index (χ0n) is 9.03. The Morgan fingerprint density at radius 2 is 2.33 bits per heavy atom. The highest BCUT2D eigenvalue weighted by molar-refractivity contribution is 6.35. The molecule has 0 saturated heterocycles. The Balaban J connectivity index is 2.87. The van der Waals surface area contributed by atoms with Gasteiger partial charge in [0.15, 0.2) is 0 Å². The SMILES string of the molecule is [B]c1cc(C(=O)N(C)CCC)cnc1N. The monoisotopic (exact) mass is 203 g/mol. The Labute approximate surface area is 90.9 Å². The second-order valence-corrected chi connectivity index (χ2v) is 3.43. The van der Waals surface area contributed by atoms with E-state index in [-0.39, 0.29) is 11.7 Å². The van der Waals surface area contributed by atoms with Crippen molar-refractivity contribution in [1.82, 2.24) is 9.88 Å². The van der Waals surface area contributed by atoms with Crippen LogP contribution in [0.5, 0.6) is 0 Å². The summed E-state index contributed by atoms with van der Waals surface area (Å²) >= 11 is 0. The molecule has 2 N–H and O–H groups in total. The molecule has 0 unspecified atom stereocenters. The lowest BCUT2D eigenvalue weighted by Crippen LogP contribution is -2.28. The van der Waals surface area contributed by atoms with Crippen molar-refractivity contribution in [2.45, 2.75) is 13.3 Å². The fourth-order valence-corrected chi connectivity index (χ4v) is 1.27. The fourth-order valence-electron chi connectivity index (χ4n) is 1.27. The Bertz CT molecular complexity index is 368. The molecule has 0 fully saturated rings. The zero-order chi connectivity index (χ0) is 11.4. The maximum Gasteiger partial charge on any atom is 0.255 e. The molecule has 0 bridgehead atoms. The van der Waals surface area contributed by atoms with Crippen molar-refractivity contribution in [2.24, 2.45) is 0 Å². The highest BCUT2D eigenvalue weighted by Crippen LogP contribution is 2.02. The van der Waals surface area contributed by atoms with E-state index in [0.717, 1.165) is 6.42 Å². The van der Waals surface area contributed by atoms with Crippen LogP contribution < -0.4 is 11.2 Å². The molecule has 5 heteroatoms. The largest absolute Gasteiger partial charge is 0.384 e. The van der Waals surface area contributed by atoms with Crippen molar-refractivity contribution in [3.63, 3.8) is 0 Å². The maximum atomic E-state index is 11.8. The smallest absolute Gasteiger partial charge is 0.255 e. The van der Waals surface area contributed by atoms with Gasteiger partial charge in [-0.1, -0.05) is 18.5 Å². The van der Waals surface area contributed by atoms with Gasteiger partial charge in [0.2, 0.25) is 0 Å². The third kappa shape index (κ3) is 2.71. The topological polar surface area (TPSA) is 59.2 Å². The Morgan fingerprint density at radius 3 is 2.87 bits per heavy atom. The van der Waals surface area contributed by atoms with Gasteiger partial charge < -0.3 is 10.6 Å². The molecule has 1 amide bonds. The third-order valence-electron chi connectivity index (χ3n) is 2.10. The lowest BCUT2D eigenvalue weighted by Gasteiger charge is -2.16. The number of pyridine rings is 1. The molecule has 1 aromatic heterocycles. The molecule has 1 heterocycles. The van der Waals surface area contributed by atoms with E-state index in [1.54, 1.807) is 18.0 Å². The zero-order valence-corrected chi connectivity index (χ0v) is 9.03. The first-order chi connectivity index (χ1) is 7.06. The second-order valence-electron chi connectivity index (χ2n) is 3.43. The minimum Gasteiger partial charge on any atom is -0.384 e. The van der Waals surface area contributed by atoms with Crippen LogP contribution in [-0.2, 0) is 0 Å². The van der Waals surface area contributed by atoms with Crippen LogP contribution in [-0.4, -0.2) is 37.2 Å². The summed E-state index contributed by atoms with van der Waals surface area (Å²) in [6.07, 6.45) is 2.36. The van der Waals surface area contributed by atoms with Gasteiger partial charge in [-0.25, -0.2) is 4.98 Å². The fraction of sp³-hybridized carbons (Fsp3) is 0.400. The number of carbonyl (C=O) groups is 1. The molecule has 0 saturated carbocycles.